The van der Waals surface area contributed by atoms with Gasteiger partial charge in [-0.15, -0.1) is 11.8 Å². The fourth-order valence-electron chi connectivity index (χ4n) is 3.64. The molecule has 3 heteroatoms. The van der Waals surface area contributed by atoms with Gasteiger partial charge in [-0.2, -0.15) is 0 Å². The van der Waals surface area contributed by atoms with Crippen molar-refractivity contribution < 1.29 is 4.79 Å². The van der Waals surface area contributed by atoms with Crippen LogP contribution in [0.2, 0.25) is 0 Å². The van der Waals surface area contributed by atoms with Gasteiger partial charge in [0.15, 0.2) is 0 Å². The summed E-state index contributed by atoms with van der Waals surface area (Å²) in [6.45, 7) is 2.10. The number of fused-ring (bicyclic) bond motifs is 1. The molecular weight excluding hydrogens is 290 g/mol. The third kappa shape index (κ3) is 4.07. The van der Waals surface area contributed by atoms with Crippen LogP contribution in [-0.4, -0.2) is 16.9 Å². The molecule has 0 radical (unpaired) electrons. The number of carbonyl (C=O) groups excluding carboxylic acids is 1. The first-order valence-electron chi connectivity index (χ1n) is 8.75. The predicted molar refractivity (Wildman–Crippen MR) is 94.4 cm³/mol. The van der Waals surface area contributed by atoms with E-state index in [1.807, 2.05) is 11.8 Å². The summed E-state index contributed by atoms with van der Waals surface area (Å²) in [6, 6.07) is 6.88. The van der Waals surface area contributed by atoms with Crippen LogP contribution < -0.4 is 5.32 Å². The second kappa shape index (κ2) is 7.54. The minimum absolute atomic E-state index is 0.115. The first-order chi connectivity index (χ1) is 10.7. The lowest BCUT2D eigenvalue weighted by atomic mass is 9.89. The summed E-state index contributed by atoms with van der Waals surface area (Å²) in [7, 11) is 0. The van der Waals surface area contributed by atoms with Gasteiger partial charge in [-0.25, -0.2) is 0 Å². The molecule has 0 aliphatic heterocycles. The zero-order valence-electron chi connectivity index (χ0n) is 13.6. The largest absolute Gasteiger partial charge is 0.349 e. The van der Waals surface area contributed by atoms with Crippen molar-refractivity contribution in [1.29, 1.82) is 0 Å². The van der Waals surface area contributed by atoms with Crippen LogP contribution in [0.5, 0.6) is 0 Å². The van der Waals surface area contributed by atoms with E-state index in [1.54, 1.807) is 0 Å². The minimum atomic E-state index is 0.115. The molecule has 1 aromatic carbocycles. The summed E-state index contributed by atoms with van der Waals surface area (Å²) >= 11 is 1.84. The maximum absolute atomic E-state index is 12.1. The molecular formula is C19H27NOS. The summed E-state index contributed by atoms with van der Waals surface area (Å²) < 4.78 is 0. The van der Waals surface area contributed by atoms with E-state index in [4.69, 9.17) is 0 Å². The zero-order chi connectivity index (χ0) is 15.4. The molecule has 1 amide bonds. The first-order valence-corrected chi connectivity index (χ1v) is 9.80. The smallest absolute Gasteiger partial charge is 0.230 e. The van der Waals surface area contributed by atoms with Gasteiger partial charge in [0.2, 0.25) is 5.91 Å². The Hall–Kier alpha value is -0.960. The lowest BCUT2D eigenvalue weighted by Crippen LogP contribution is -2.29. The number of amides is 1. The maximum Gasteiger partial charge on any atom is 0.230 e. The molecule has 3 rings (SSSR count). The Morgan fingerprint density at radius 2 is 1.91 bits per heavy atom. The summed E-state index contributed by atoms with van der Waals surface area (Å²) in [5.74, 6) is 0.794. The van der Waals surface area contributed by atoms with Crippen molar-refractivity contribution in [2.75, 3.05) is 5.75 Å². The van der Waals surface area contributed by atoms with Crippen molar-refractivity contribution in [3.8, 4) is 0 Å². The summed E-state index contributed by atoms with van der Waals surface area (Å²) in [5, 5.41) is 3.88. The molecule has 120 valence electrons. The van der Waals surface area contributed by atoms with Crippen LogP contribution in [0, 0.1) is 0 Å². The molecule has 1 saturated carbocycles. The SMILES string of the molecule is C[C@@H](NC(=O)CSC1CCCC1)c1ccc2c(c1)CCCC2. The van der Waals surface area contributed by atoms with E-state index >= 15 is 0 Å². The van der Waals surface area contributed by atoms with Gasteiger partial charge in [-0.3, -0.25) is 4.79 Å². The van der Waals surface area contributed by atoms with Crippen molar-refractivity contribution in [1.82, 2.24) is 5.32 Å². The van der Waals surface area contributed by atoms with Gasteiger partial charge in [0, 0.05) is 5.25 Å². The Bertz CT molecular complexity index is 522. The van der Waals surface area contributed by atoms with Gasteiger partial charge in [-0.05, 0) is 62.1 Å². The number of benzene rings is 1. The van der Waals surface area contributed by atoms with Crippen molar-refractivity contribution in [3.63, 3.8) is 0 Å². The molecule has 0 unspecified atom stereocenters. The fraction of sp³-hybridized carbons (Fsp3) is 0.632. The molecule has 0 saturated heterocycles. The number of carbonyl (C=O) groups is 1. The molecule has 22 heavy (non-hydrogen) atoms. The number of nitrogens with one attached hydrogen (secondary N) is 1. The molecule has 1 aromatic rings. The molecule has 0 spiro atoms. The Morgan fingerprint density at radius 1 is 1.18 bits per heavy atom. The molecule has 2 aliphatic rings. The van der Waals surface area contributed by atoms with Crippen LogP contribution in [0.15, 0.2) is 18.2 Å². The van der Waals surface area contributed by atoms with Crippen LogP contribution in [0.4, 0.5) is 0 Å². The monoisotopic (exact) mass is 317 g/mol. The Labute approximate surface area is 138 Å². The van der Waals surface area contributed by atoms with Crippen molar-refractivity contribution in [2.24, 2.45) is 0 Å². The van der Waals surface area contributed by atoms with Crippen LogP contribution in [0.1, 0.15) is 68.2 Å². The molecule has 0 bridgehead atoms. The van der Waals surface area contributed by atoms with Crippen LogP contribution in [-0.2, 0) is 17.6 Å². The number of hydrogen-bond donors (Lipinski definition) is 1. The average Bonchev–Trinajstić information content (AvgIpc) is 3.06. The van der Waals surface area contributed by atoms with E-state index in [0.29, 0.717) is 11.0 Å². The average molecular weight is 317 g/mol. The summed E-state index contributed by atoms with van der Waals surface area (Å²) in [5.41, 5.74) is 4.25. The molecule has 2 nitrogen and oxygen atoms in total. The molecule has 0 heterocycles. The van der Waals surface area contributed by atoms with Crippen LogP contribution in [0.3, 0.4) is 0 Å². The highest BCUT2D eigenvalue weighted by atomic mass is 32.2. The molecule has 2 aliphatic carbocycles. The second-order valence-electron chi connectivity index (χ2n) is 6.74. The summed E-state index contributed by atoms with van der Waals surface area (Å²) in [4.78, 5) is 12.1. The second-order valence-corrected chi connectivity index (χ2v) is 8.03. The van der Waals surface area contributed by atoms with E-state index in [0.717, 1.165) is 0 Å². The summed E-state index contributed by atoms with van der Waals surface area (Å²) in [6.07, 6.45) is 10.3. The quantitative estimate of drug-likeness (QED) is 0.871. The Kier molecular flexibility index (Phi) is 5.46. The fourth-order valence-corrected chi connectivity index (χ4v) is 4.77. The Balaban J connectivity index is 1.52. The lowest BCUT2D eigenvalue weighted by Gasteiger charge is -2.20. The van der Waals surface area contributed by atoms with E-state index in [2.05, 4.69) is 30.4 Å². The lowest BCUT2D eigenvalue weighted by molar-refractivity contribution is -0.119. The molecule has 1 N–H and O–H groups in total. The van der Waals surface area contributed by atoms with Crippen LogP contribution in [0.25, 0.3) is 0 Å². The van der Waals surface area contributed by atoms with Crippen LogP contribution >= 0.6 is 11.8 Å². The van der Waals surface area contributed by atoms with Gasteiger partial charge in [0.1, 0.15) is 0 Å². The highest BCUT2D eigenvalue weighted by Crippen LogP contribution is 2.29. The number of aryl methyl sites for hydroxylation is 2. The van der Waals surface area contributed by atoms with Gasteiger partial charge < -0.3 is 5.32 Å². The standard InChI is InChI=1S/C19H27NOS/c1-14(20-19(21)13-22-18-8-4-5-9-18)16-11-10-15-6-2-3-7-17(15)12-16/h10-12,14,18H,2-9,13H2,1H3,(H,20,21)/t14-/m1/s1. The number of rotatable bonds is 5. The zero-order valence-corrected chi connectivity index (χ0v) is 14.4. The minimum Gasteiger partial charge on any atom is -0.349 e. The van der Waals surface area contributed by atoms with Crippen molar-refractivity contribution in [2.45, 2.75) is 69.6 Å². The predicted octanol–water partition coefficient (Wildman–Crippen LogP) is 4.42. The molecule has 0 aromatic heterocycles. The number of hydrogen-bond acceptors (Lipinski definition) is 2. The van der Waals surface area contributed by atoms with E-state index in [9.17, 15) is 4.79 Å². The molecule has 1 atom stereocenters. The maximum atomic E-state index is 12.1. The third-order valence-electron chi connectivity index (χ3n) is 5.00. The van der Waals surface area contributed by atoms with E-state index < -0.39 is 0 Å². The normalized spacial score (nSPS) is 19.7. The van der Waals surface area contributed by atoms with Gasteiger partial charge in [0.05, 0.1) is 11.8 Å². The van der Waals surface area contributed by atoms with E-state index in [-0.39, 0.29) is 11.9 Å². The highest BCUT2D eigenvalue weighted by Gasteiger charge is 2.18. The highest BCUT2D eigenvalue weighted by molar-refractivity contribution is 8.00. The number of thioether (sulfide) groups is 1. The topological polar surface area (TPSA) is 29.1 Å². The van der Waals surface area contributed by atoms with Crippen molar-refractivity contribution in [3.05, 3.63) is 34.9 Å². The van der Waals surface area contributed by atoms with E-state index in [1.165, 1.54) is 68.1 Å². The van der Waals surface area contributed by atoms with Gasteiger partial charge in [-0.1, -0.05) is 31.0 Å². The third-order valence-corrected chi connectivity index (χ3v) is 6.37. The first kappa shape index (κ1) is 15.9. The Morgan fingerprint density at radius 3 is 2.68 bits per heavy atom. The molecule has 1 fully saturated rings. The van der Waals surface area contributed by atoms with Gasteiger partial charge >= 0.3 is 0 Å². The van der Waals surface area contributed by atoms with Gasteiger partial charge in [0.25, 0.3) is 0 Å². The van der Waals surface area contributed by atoms with Crippen molar-refractivity contribution >= 4 is 17.7 Å².